The van der Waals surface area contributed by atoms with Gasteiger partial charge in [-0.05, 0) is 31.1 Å². The summed E-state index contributed by atoms with van der Waals surface area (Å²) in [5.74, 6) is 0.371. The first-order valence-electron chi connectivity index (χ1n) is 5.68. The fourth-order valence-electron chi connectivity index (χ4n) is 3.32. The molecule has 2 aliphatic heterocycles. The Morgan fingerprint density at radius 2 is 2.29 bits per heavy atom. The molecule has 0 radical (unpaired) electrons. The predicted octanol–water partition coefficient (Wildman–Crippen LogP) is 1.63. The zero-order chi connectivity index (χ0) is 10.1. The number of carboxylic acids is 1. The highest BCUT2D eigenvalue weighted by Crippen LogP contribution is 2.38. The second-order valence-electron chi connectivity index (χ2n) is 4.71. The van der Waals surface area contributed by atoms with E-state index in [1.807, 2.05) is 0 Å². The quantitative estimate of drug-likeness (QED) is 0.723. The van der Waals surface area contributed by atoms with Crippen LogP contribution in [0.25, 0.3) is 0 Å². The van der Waals surface area contributed by atoms with Crippen LogP contribution in [0.5, 0.6) is 0 Å². The van der Waals surface area contributed by atoms with E-state index >= 15 is 0 Å². The highest BCUT2D eigenvalue weighted by Gasteiger charge is 2.40. The van der Waals surface area contributed by atoms with E-state index in [1.165, 1.54) is 12.8 Å². The van der Waals surface area contributed by atoms with Crippen molar-refractivity contribution in [3.05, 3.63) is 0 Å². The van der Waals surface area contributed by atoms with Gasteiger partial charge in [-0.15, -0.1) is 0 Å². The molecule has 4 atom stereocenters. The number of hydrogen-bond acceptors (Lipinski definition) is 2. The van der Waals surface area contributed by atoms with Crippen molar-refractivity contribution in [2.24, 2.45) is 11.8 Å². The van der Waals surface area contributed by atoms with Crippen LogP contribution in [0.2, 0.25) is 0 Å². The lowest BCUT2D eigenvalue weighted by Crippen LogP contribution is -2.45. The molecule has 0 aromatic heterocycles. The molecule has 2 heterocycles. The molecule has 0 aromatic carbocycles. The van der Waals surface area contributed by atoms with E-state index in [4.69, 9.17) is 5.11 Å². The van der Waals surface area contributed by atoms with Crippen molar-refractivity contribution >= 4 is 5.97 Å². The first-order valence-corrected chi connectivity index (χ1v) is 5.68. The molecule has 2 fully saturated rings. The normalized spacial score (nSPS) is 41.2. The lowest BCUT2D eigenvalue weighted by Gasteiger charge is -2.36. The molecule has 3 nitrogen and oxygen atoms in total. The highest BCUT2D eigenvalue weighted by atomic mass is 16.4. The third-order valence-corrected chi connectivity index (χ3v) is 3.89. The predicted molar refractivity (Wildman–Crippen MR) is 54.1 cm³/mol. The molecule has 0 spiro atoms. The second-order valence-corrected chi connectivity index (χ2v) is 4.71. The van der Waals surface area contributed by atoms with Crippen LogP contribution in [0.15, 0.2) is 0 Å². The van der Waals surface area contributed by atoms with Gasteiger partial charge in [0.2, 0.25) is 0 Å². The molecule has 2 saturated heterocycles. The number of carboxylic acid groups (broad SMARTS) is 1. The van der Waals surface area contributed by atoms with Crippen molar-refractivity contribution in [2.45, 2.75) is 51.1 Å². The van der Waals surface area contributed by atoms with Gasteiger partial charge in [0, 0.05) is 18.5 Å². The van der Waals surface area contributed by atoms with Crippen LogP contribution in [-0.4, -0.2) is 23.2 Å². The van der Waals surface area contributed by atoms with Gasteiger partial charge in [-0.3, -0.25) is 4.79 Å². The minimum atomic E-state index is -0.630. The van der Waals surface area contributed by atoms with Crippen LogP contribution in [-0.2, 0) is 4.79 Å². The van der Waals surface area contributed by atoms with Gasteiger partial charge in [-0.25, -0.2) is 0 Å². The molecular weight excluding hydrogens is 178 g/mol. The number of nitrogens with one attached hydrogen (secondary N) is 1. The average Bonchev–Trinajstić information content (AvgIpc) is 2.48. The molecule has 2 aliphatic rings. The molecule has 2 rings (SSSR count). The molecule has 0 amide bonds. The summed E-state index contributed by atoms with van der Waals surface area (Å²) in [5.41, 5.74) is 0. The van der Waals surface area contributed by atoms with Gasteiger partial charge in [0.15, 0.2) is 0 Å². The molecule has 3 heteroatoms. The Morgan fingerprint density at radius 1 is 1.50 bits per heavy atom. The van der Waals surface area contributed by atoms with Crippen molar-refractivity contribution in [1.82, 2.24) is 5.32 Å². The summed E-state index contributed by atoms with van der Waals surface area (Å²) in [5, 5.41) is 12.5. The van der Waals surface area contributed by atoms with Gasteiger partial charge >= 0.3 is 5.97 Å². The molecule has 14 heavy (non-hydrogen) atoms. The zero-order valence-corrected chi connectivity index (χ0v) is 8.70. The fourth-order valence-corrected chi connectivity index (χ4v) is 3.32. The Hall–Kier alpha value is -0.570. The zero-order valence-electron chi connectivity index (χ0n) is 8.70. The van der Waals surface area contributed by atoms with Crippen LogP contribution in [0.4, 0.5) is 0 Å². The number of piperidine rings is 1. The maximum absolute atomic E-state index is 10.7. The minimum absolute atomic E-state index is 0.368. The van der Waals surface area contributed by atoms with E-state index in [0.29, 0.717) is 30.3 Å². The summed E-state index contributed by atoms with van der Waals surface area (Å²) in [7, 11) is 0. The third kappa shape index (κ3) is 1.78. The molecule has 80 valence electrons. The van der Waals surface area contributed by atoms with Gasteiger partial charge in [0.25, 0.3) is 0 Å². The Labute approximate surface area is 84.9 Å². The molecule has 4 unspecified atom stereocenters. The summed E-state index contributed by atoms with van der Waals surface area (Å²) >= 11 is 0. The fraction of sp³-hybridized carbons (Fsp3) is 0.909. The Kier molecular flexibility index (Phi) is 2.77. The van der Waals surface area contributed by atoms with Crippen molar-refractivity contribution in [3.63, 3.8) is 0 Å². The number of carbonyl (C=O) groups is 1. The maximum atomic E-state index is 10.7. The van der Waals surface area contributed by atoms with Crippen molar-refractivity contribution in [2.75, 3.05) is 0 Å². The van der Waals surface area contributed by atoms with E-state index in [1.54, 1.807) is 0 Å². The summed E-state index contributed by atoms with van der Waals surface area (Å²) < 4.78 is 0. The Bertz CT molecular complexity index is 229. The van der Waals surface area contributed by atoms with Crippen molar-refractivity contribution < 1.29 is 9.90 Å². The molecular formula is C11H19NO2. The smallest absolute Gasteiger partial charge is 0.303 e. The van der Waals surface area contributed by atoms with E-state index in [-0.39, 0.29) is 0 Å². The van der Waals surface area contributed by atoms with Crippen molar-refractivity contribution in [1.29, 1.82) is 0 Å². The molecule has 0 aliphatic carbocycles. The second kappa shape index (κ2) is 3.89. The van der Waals surface area contributed by atoms with Crippen LogP contribution >= 0.6 is 0 Å². The summed E-state index contributed by atoms with van der Waals surface area (Å²) in [6.07, 6.45) is 5.05. The van der Waals surface area contributed by atoms with Crippen LogP contribution in [0, 0.1) is 11.8 Å². The van der Waals surface area contributed by atoms with E-state index in [2.05, 4.69) is 12.2 Å². The Balaban J connectivity index is 2.04. The summed E-state index contributed by atoms with van der Waals surface area (Å²) in [6.45, 7) is 2.18. The van der Waals surface area contributed by atoms with Gasteiger partial charge < -0.3 is 10.4 Å². The maximum Gasteiger partial charge on any atom is 0.303 e. The van der Waals surface area contributed by atoms with Gasteiger partial charge in [0.05, 0.1) is 0 Å². The van der Waals surface area contributed by atoms with E-state index in [0.717, 1.165) is 12.8 Å². The van der Waals surface area contributed by atoms with Crippen LogP contribution < -0.4 is 5.32 Å². The molecule has 0 aromatic rings. The lowest BCUT2D eigenvalue weighted by molar-refractivity contribution is -0.139. The number of hydrogen-bond donors (Lipinski definition) is 2. The van der Waals surface area contributed by atoms with Crippen LogP contribution in [0.3, 0.4) is 0 Å². The lowest BCUT2D eigenvalue weighted by atomic mass is 9.78. The highest BCUT2D eigenvalue weighted by molar-refractivity contribution is 5.67. The number of rotatable bonds is 3. The molecule has 2 N–H and O–H groups in total. The first-order chi connectivity index (χ1) is 6.70. The van der Waals surface area contributed by atoms with E-state index < -0.39 is 5.97 Å². The van der Waals surface area contributed by atoms with Crippen molar-refractivity contribution in [3.8, 4) is 0 Å². The Morgan fingerprint density at radius 3 is 2.93 bits per heavy atom. The standard InChI is InChI=1S/C11H19NO2/c1-2-9-7(6-11(13)14)5-8-3-4-10(9)12-8/h7-10,12H,2-6H2,1H3,(H,13,14). The van der Waals surface area contributed by atoms with E-state index in [9.17, 15) is 4.79 Å². The molecule has 0 saturated carbocycles. The topological polar surface area (TPSA) is 49.3 Å². The number of aliphatic carboxylic acids is 1. The third-order valence-electron chi connectivity index (χ3n) is 3.89. The van der Waals surface area contributed by atoms with Gasteiger partial charge in [0.1, 0.15) is 0 Å². The average molecular weight is 197 g/mol. The largest absolute Gasteiger partial charge is 0.481 e. The van der Waals surface area contributed by atoms with Gasteiger partial charge in [-0.2, -0.15) is 0 Å². The monoisotopic (exact) mass is 197 g/mol. The summed E-state index contributed by atoms with van der Waals surface area (Å²) in [4.78, 5) is 10.7. The van der Waals surface area contributed by atoms with Gasteiger partial charge in [-0.1, -0.05) is 13.3 Å². The van der Waals surface area contributed by atoms with Crippen LogP contribution in [0.1, 0.15) is 39.0 Å². The molecule has 2 bridgehead atoms. The SMILES string of the molecule is CCC1C(CC(=O)O)CC2CCC1N2. The first kappa shape index (κ1) is 9.97. The number of fused-ring (bicyclic) bond motifs is 2. The summed E-state index contributed by atoms with van der Waals surface area (Å²) in [6, 6.07) is 1.20. The minimum Gasteiger partial charge on any atom is -0.481 e.